The number of hydrogen-bond acceptors (Lipinski definition) is 6. The molecule has 0 bridgehead atoms. The molecule has 4 rings (SSSR count). The van der Waals surface area contributed by atoms with Gasteiger partial charge in [0.2, 0.25) is 0 Å². The highest BCUT2D eigenvalue weighted by Crippen LogP contribution is 2.33. The van der Waals surface area contributed by atoms with E-state index in [1.54, 1.807) is 42.5 Å². The Hall–Kier alpha value is -3.84. The molecule has 1 heterocycles. The fourth-order valence-electron chi connectivity index (χ4n) is 3.18. The molecule has 0 aliphatic carbocycles. The van der Waals surface area contributed by atoms with Crippen LogP contribution in [0.1, 0.15) is 21.5 Å². The molecule has 1 saturated heterocycles. The Bertz CT molecular complexity index is 1160. The summed E-state index contributed by atoms with van der Waals surface area (Å²) >= 11 is 0.949. The smallest absolute Gasteiger partial charge is 0.293 e. The van der Waals surface area contributed by atoms with Crippen LogP contribution in [0.5, 0.6) is 11.5 Å². The number of hydrogen-bond donors (Lipinski definition) is 0. The molecular weight excluding hydrogens is 438 g/mol. The van der Waals surface area contributed by atoms with Gasteiger partial charge in [-0.2, -0.15) is 0 Å². The number of thioether (sulfide) groups is 1. The van der Waals surface area contributed by atoms with Crippen molar-refractivity contribution in [1.82, 2.24) is 4.90 Å². The molecule has 3 aromatic carbocycles. The van der Waals surface area contributed by atoms with E-state index in [9.17, 15) is 14.4 Å². The normalized spacial score (nSPS) is 14.5. The average molecular weight is 460 g/mol. The van der Waals surface area contributed by atoms with Gasteiger partial charge in [-0.3, -0.25) is 19.3 Å². The second-order valence-electron chi connectivity index (χ2n) is 7.21. The third-order valence-corrected chi connectivity index (χ3v) is 5.78. The number of ether oxygens (including phenoxy) is 2. The summed E-state index contributed by atoms with van der Waals surface area (Å²) in [4.78, 5) is 37.3. The van der Waals surface area contributed by atoms with Crippen molar-refractivity contribution in [1.29, 1.82) is 0 Å². The zero-order valence-corrected chi connectivity index (χ0v) is 18.5. The average Bonchev–Trinajstić information content (AvgIpc) is 3.11. The first-order valence-corrected chi connectivity index (χ1v) is 11.1. The Morgan fingerprint density at radius 2 is 1.33 bits per heavy atom. The summed E-state index contributed by atoms with van der Waals surface area (Å²) in [7, 11) is 0. The number of nitrogens with zero attached hydrogens (tertiary/aromatic N) is 1. The SMILES string of the molecule is O=Cc1ccc(OCCOc2ccc(C=C3SC(=O)N(Cc4ccccc4)C3=O)cc2)cc1. The van der Waals surface area contributed by atoms with Crippen LogP contribution in [0.2, 0.25) is 0 Å². The summed E-state index contributed by atoms with van der Waals surface area (Å²) < 4.78 is 11.3. The van der Waals surface area contributed by atoms with Gasteiger partial charge in [-0.15, -0.1) is 0 Å². The first-order valence-electron chi connectivity index (χ1n) is 10.3. The summed E-state index contributed by atoms with van der Waals surface area (Å²) in [5.41, 5.74) is 2.31. The lowest BCUT2D eigenvalue weighted by atomic mass is 10.2. The number of imide groups is 1. The number of aldehydes is 1. The molecular formula is C26H21NO5S. The van der Waals surface area contributed by atoms with Gasteiger partial charge in [-0.25, -0.2) is 0 Å². The van der Waals surface area contributed by atoms with E-state index in [1.165, 1.54) is 4.90 Å². The second-order valence-corrected chi connectivity index (χ2v) is 8.20. The van der Waals surface area contributed by atoms with Crippen molar-refractivity contribution < 1.29 is 23.9 Å². The maximum Gasteiger partial charge on any atom is 0.293 e. The molecule has 0 saturated carbocycles. The first kappa shape index (κ1) is 22.4. The highest BCUT2D eigenvalue weighted by Gasteiger charge is 2.34. The van der Waals surface area contributed by atoms with Crippen molar-refractivity contribution in [2.45, 2.75) is 6.54 Å². The molecule has 0 unspecified atom stereocenters. The van der Waals surface area contributed by atoms with E-state index >= 15 is 0 Å². The third-order valence-electron chi connectivity index (χ3n) is 4.87. The molecule has 0 radical (unpaired) electrons. The van der Waals surface area contributed by atoms with Gasteiger partial charge in [-0.1, -0.05) is 42.5 Å². The molecule has 166 valence electrons. The van der Waals surface area contributed by atoms with Gasteiger partial charge < -0.3 is 9.47 Å². The topological polar surface area (TPSA) is 72.9 Å². The summed E-state index contributed by atoms with van der Waals surface area (Å²) in [5, 5.41) is -0.268. The van der Waals surface area contributed by atoms with Crippen LogP contribution in [0, 0.1) is 0 Å². The Morgan fingerprint density at radius 1 is 0.758 bits per heavy atom. The summed E-state index contributed by atoms with van der Waals surface area (Å²) in [6.45, 7) is 0.975. The Morgan fingerprint density at radius 3 is 1.91 bits per heavy atom. The van der Waals surface area contributed by atoms with E-state index < -0.39 is 0 Å². The molecule has 1 fully saturated rings. The molecule has 33 heavy (non-hydrogen) atoms. The lowest BCUT2D eigenvalue weighted by molar-refractivity contribution is -0.123. The minimum atomic E-state index is -0.285. The maximum atomic E-state index is 12.7. The minimum Gasteiger partial charge on any atom is -0.490 e. The van der Waals surface area contributed by atoms with Crippen LogP contribution in [0.15, 0.2) is 83.8 Å². The Labute approximate surface area is 195 Å². The van der Waals surface area contributed by atoms with E-state index in [-0.39, 0.29) is 17.7 Å². The molecule has 3 aromatic rings. The van der Waals surface area contributed by atoms with Crippen molar-refractivity contribution >= 4 is 35.3 Å². The van der Waals surface area contributed by atoms with E-state index in [2.05, 4.69) is 0 Å². The largest absolute Gasteiger partial charge is 0.490 e. The monoisotopic (exact) mass is 459 g/mol. The van der Waals surface area contributed by atoms with Crippen molar-refractivity contribution in [2.24, 2.45) is 0 Å². The van der Waals surface area contributed by atoms with Gasteiger partial charge in [0.15, 0.2) is 0 Å². The standard InChI is InChI=1S/C26H21NO5S/c28-18-21-8-12-23(13-9-21)32-15-14-31-22-10-6-19(7-11-22)16-24-25(29)27(26(30)33-24)17-20-4-2-1-3-5-20/h1-13,16,18H,14-15,17H2. The van der Waals surface area contributed by atoms with E-state index in [0.29, 0.717) is 35.2 Å². The van der Waals surface area contributed by atoms with Gasteiger partial charge in [-0.05, 0) is 65.4 Å². The summed E-state index contributed by atoms with van der Waals surface area (Å²) in [6.07, 6.45) is 2.50. The van der Waals surface area contributed by atoms with Gasteiger partial charge in [0, 0.05) is 5.56 Å². The molecule has 0 atom stereocenters. The third kappa shape index (κ3) is 5.90. The van der Waals surface area contributed by atoms with Crippen LogP contribution in [-0.4, -0.2) is 35.5 Å². The molecule has 7 heteroatoms. The van der Waals surface area contributed by atoms with Crippen LogP contribution in [0.3, 0.4) is 0 Å². The predicted octanol–water partition coefficient (Wildman–Crippen LogP) is 5.19. The van der Waals surface area contributed by atoms with Crippen LogP contribution in [0.25, 0.3) is 6.08 Å². The Kier molecular flexibility index (Phi) is 7.22. The number of rotatable bonds is 9. The lowest BCUT2D eigenvalue weighted by Gasteiger charge is -2.12. The summed E-state index contributed by atoms with van der Waals surface area (Å²) in [6, 6.07) is 23.6. The van der Waals surface area contributed by atoms with Gasteiger partial charge >= 0.3 is 0 Å². The zero-order valence-electron chi connectivity index (χ0n) is 17.7. The number of amides is 2. The quantitative estimate of drug-likeness (QED) is 0.249. The van der Waals surface area contributed by atoms with Gasteiger partial charge in [0.05, 0.1) is 11.4 Å². The number of carbonyl (C=O) groups is 3. The number of carbonyl (C=O) groups excluding carboxylic acids is 3. The molecule has 1 aliphatic heterocycles. The molecule has 0 N–H and O–H groups in total. The van der Waals surface area contributed by atoms with Crippen LogP contribution < -0.4 is 9.47 Å². The van der Waals surface area contributed by atoms with Gasteiger partial charge in [0.25, 0.3) is 11.1 Å². The molecule has 6 nitrogen and oxygen atoms in total. The fourth-order valence-corrected chi connectivity index (χ4v) is 4.01. The van der Waals surface area contributed by atoms with E-state index in [4.69, 9.17) is 9.47 Å². The second kappa shape index (κ2) is 10.7. The van der Waals surface area contributed by atoms with E-state index in [0.717, 1.165) is 29.2 Å². The van der Waals surface area contributed by atoms with Crippen molar-refractivity contribution in [3.8, 4) is 11.5 Å². The van der Waals surface area contributed by atoms with Crippen molar-refractivity contribution in [3.63, 3.8) is 0 Å². The number of benzene rings is 3. The molecule has 0 aromatic heterocycles. The minimum absolute atomic E-state index is 0.263. The van der Waals surface area contributed by atoms with Crippen molar-refractivity contribution in [2.75, 3.05) is 13.2 Å². The fraction of sp³-hybridized carbons (Fsp3) is 0.115. The lowest BCUT2D eigenvalue weighted by Crippen LogP contribution is -2.27. The first-order chi connectivity index (χ1) is 16.1. The Balaban J connectivity index is 1.29. The van der Waals surface area contributed by atoms with Crippen LogP contribution in [0.4, 0.5) is 4.79 Å². The highest BCUT2D eigenvalue weighted by molar-refractivity contribution is 8.18. The van der Waals surface area contributed by atoms with E-state index in [1.807, 2.05) is 42.5 Å². The maximum absolute atomic E-state index is 12.7. The summed E-state index contributed by atoms with van der Waals surface area (Å²) in [5.74, 6) is 1.05. The zero-order chi connectivity index (χ0) is 23.0. The molecule has 0 spiro atoms. The highest BCUT2D eigenvalue weighted by atomic mass is 32.2. The molecule has 2 amide bonds. The van der Waals surface area contributed by atoms with Gasteiger partial charge in [0.1, 0.15) is 31.0 Å². The van der Waals surface area contributed by atoms with Crippen LogP contribution in [-0.2, 0) is 11.3 Å². The predicted molar refractivity (Wildman–Crippen MR) is 127 cm³/mol. The molecule has 1 aliphatic rings. The van der Waals surface area contributed by atoms with Crippen LogP contribution >= 0.6 is 11.8 Å². The van der Waals surface area contributed by atoms with Crippen molar-refractivity contribution in [3.05, 3.63) is 100 Å².